The zero-order chi connectivity index (χ0) is 23.3. The molecule has 0 bridgehead atoms. The van der Waals surface area contributed by atoms with Crippen LogP contribution in [0.4, 0.5) is 0 Å². The molecule has 0 saturated carbocycles. The molecule has 0 heterocycles. The number of benzene rings is 2. The van der Waals surface area contributed by atoms with Gasteiger partial charge in [-0.3, -0.25) is 0 Å². The molecule has 0 aliphatic heterocycles. The highest BCUT2D eigenvalue weighted by Crippen LogP contribution is 2.38. The molecular weight excluding hydrogens is 408 g/mol. The third-order valence-electron chi connectivity index (χ3n) is 4.66. The first kappa shape index (κ1) is 25.5. The van der Waals surface area contributed by atoms with Gasteiger partial charge in [-0.2, -0.15) is 0 Å². The minimum atomic E-state index is 0.374. The van der Waals surface area contributed by atoms with E-state index >= 15 is 0 Å². The third kappa shape index (κ3) is 7.70. The first-order chi connectivity index (χ1) is 14.5. The number of aromatic hydroxyl groups is 2. The van der Waals surface area contributed by atoms with Crippen molar-refractivity contribution in [3.8, 4) is 11.5 Å². The summed E-state index contributed by atoms with van der Waals surface area (Å²) in [7, 11) is 16.0. The van der Waals surface area contributed by atoms with Crippen molar-refractivity contribution in [2.45, 2.75) is 36.0 Å². The Labute approximate surface area is 192 Å². The van der Waals surface area contributed by atoms with E-state index in [1.165, 1.54) is 0 Å². The number of hydrogen-bond donors (Lipinski definition) is 2. The van der Waals surface area contributed by atoms with E-state index in [-0.39, 0.29) is 0 Å². The van der Waals surface area contributed by atoms with Gasteiger partial charge in [0.2, 0.25) is 0 Å². The van der Waals surface area contributed by atoms with Crippen LogP contribution < -0.4 is 0 Å². The molecule has 0 atom stereocenters. The van der Waals surface area contributed by atoms with Crippen molar-refractivity contribution >= 4 is 11.8 Å². The Hall–Kier alpha value is -1.77. The van der Waals surface area contributed by atoms with E-state index in [1.807, 2.05) is 56.4 Å². The Morgan fingerprint density at radius 1 is 0.516 bits per heavy atom. The summed E-state index contributed by atoms with van der Waals surface area (Å²) >= 11 is 1.67. The summed E-state index contributed by atoms with van der Waals surface area (Å²) in [6, 6.07) is 8.29. The van der Waals surface area contributed by atoms with Crippen LogP contribution in [0.5, 0.6) is 11.5 Å². The molecule has 0 fully saturated rings. The molecule has 0 aromatic heterocycles. The maximum atomic E-state index is 10.8. The lowest BCUT2D eigenvalue weighted by Crippen LogP contribution is -2.14. The Morgan fingerprint density at radius 3 is 0.935 bits per heavy atom. The Bertz CT molecular complexity index is 748. The summed E-state index contributed by atoms with van der Waals surface area (Å²) < 4.78 is 0. The van der Waals surface area contributed by atoms with Gasteiger partial charge in [0.05, 0.1) is 0 Å². The van der Waals surface area contributed by atoms with Crippen LogP contribution >= 0.6 is 11.8 Å². The van der Waals surface area contributed by atoms with E-state index in [0.717, 1.165) is 32.0 Å². The highest BCUT2D eigenvalue weighted by atomic mass is 32.2. The largest absolute Gasteiger partial charge is 0.507 e. The van der Waals surface area contributed by atoms with Crippen molar-refractivity contribution < 1.29 is 10.2 Å². The lowest BCUT2D eigenvalue weighted by atomic mass is 10.1. The van der Waals surface area contributed by atoms with Crippen LogP contribution in [0.3, 0.4) is 0 Å². The van der Waals surface area contributed by atoms with E-state index in [2.05, 4.69) is 43.9 Å². The predicted molar refractivity (Wildman–Crippen MR) is 130 cm³/mol. The summed E-state index contributed by atoms with van der Waals surface area (Å²) in [6.07, 6.45) is 0. The molecule has 2 aromatic carbocycles. The molecule has 2 aromatic rings. The monoisotopic (exact) mass is 446 g/mol. The number of phenolic OH excluding ortho intramolecular Hbond substituents is 2. The third-order valence-corrected chi connectivity index (χ3v) is 5.61. The molecule has 0 aliphatic rings. The zero-order valence-corrected chi connectivity index (χ0v) is 21.0. The first-order valence-electron chi connectivity index (χ1n) is 10.4. The van der Waals surface area contributed by atoms with Gasteiger partial charge in [0.1, 0.15) is 11.5 Å². The minimum absolute atomic E-state index is 0.374. The summed E-state index contributed by atoms with van der Waals surface area (Å²) in [5.74, 6) is 0.748. The predicted octanol–water partition coefficient (Wildman–Crippen LogP) is 3.50. The Kier molecular flexibility index (Phi) is 9.21. The van der Waals surface area contributed by atoms with Crippen molar-refractivity contribution in [2.75, 3.05) is 56.4 Å². The van der Waals surface area contributed by atoms with E-state index < -0.39 is 0 Å². The van der Waals surface area contributed by atoms with Crippen LogP contribution in [0, 0.1) is 0 Å². The van der Waals surface area contributed by atoms with Crippen molar-refractivity contribution in [1.29, 1.82) is 0 Å². The van der Waals surface area contributed by atoms with Crippen LogP contribution in [0.15, 0.2) is 34.1 Å². The standard InChI is InChI=1S/C24H38N4O2S/c1-25(2)13-17-9-21(10-18(23(17)29)14-26(3)4)31-22-11-19(15-27(5)6)24(30)20(12-22)16-28(7)8/h9-12,29-30H,13-16H2,1-8H3. The van der Waals surface area contributed by atoms with E-state index in [4.69, 9.17) is 0 Å². The van der Waals surface area contributed by atoms with Gasteiger partial charge >= 0.3 is 0 Å². The molecule has 0 radical (unpaired) electrons. The quantitative estimate of drug-likeness (QED) is 0.579. The molecule has 31 heavy (non-hydrogen) atoms. The van der Waals surface area contributed by atoms with Crippen LogP contribution in [-0.4, -0.2) is 86.2 Å². The molecule has 0 spiro atoms. The second-order valence-corrected chi connectivity index (χ2v) is 10.4. The average Bonchev–Trinajstić information content (AvgIpc) is 2.61. The molecule has 0 saturated heterocycles. The summed E-state index contributed by atoms with van der Waals surface area (Å²) in [6.45, 7) is 2.70. The van der Waals surface area contributed by atoms with Gasteiger partial charge in [-0.15, -0.1) is 0 Å². The van der Waals surface area contributed by atoms with E-state index in [1.54, 1.807) is 11.8 Å². The highest BCUT2D eigenvalue weighted by molar-refractivity contribution is 7.99. The fourth-order valence-electron chi connectivity index (χ4n) is 3.55. The summed E-state index contributed by atoms with van der Waals surface area (Å²) in [4.78, 5) is 10.4. The topological polar surface area (TPSA) is 53.4 Å². The smallest absolute Gasteiger partial charge is 0.124 e. The van der Waals surface area contributed by atoms with Gasteiger partial charge in [-0.1, -0.05) is 11.8 Å². The zero-order valence-electron chi connectivity index (χ0n) is 20.2. The lowest BCUT2D eigenvalue weighted by Gasteiger charge is -2.20. The highest BCUT2D eigenvalue weighted by Gasteiger charge is 2.16. The molecule has 2 rings (SSSR count). The van der Waals surface area contributed by atoms with Crippen LogP contribution in [0.1, 0.15) is 22.3 Å². The molecule has 0 aliphatic carbocycles. The van der Waals surface area contributed by atoms with Crippen molar-refractivity contribution in [1.82, 2.24) is 19.6 Å². The lowest BCUT2D eigenvalue weighted by molar-refractivity contribution is 0.367. The van der Waals surface area contributed by atoms with E-state index in [0.29, 0.717) is 37.7 Å². The van der Waals surface area contributed by atoms with Gasteiger partial charge < -0.3 is 29.8 Å². The molecule has 0 amide bonds. The summed E-state index contributed by atoms with van der Waals surface area (Å²) in [5, 5.41) is 21.6. The van der Waals surface area contributed by atoms with Crippen molar-refractivity contribution in [2.24, 2.45) is 0 Å². The second-order valence-electron chi connectivity index (χ2n) is 9.23. The SMILES string of the molecule is CN(C)Cc1cc(Sc2cc(CN(C)C)c(O)c(CN(C)C)c2)cc(CN(C)C)c1O. The van der Waals surface area contributed by atoms with Crippen LogP contribution in [0.25, 0.3) is 0 Å². The Morgan fingerprint density at radius 2 is 0.742 bits per heavy atom. The van der Waals surface area contributed by atoms with Gasteiger partial charge in [-0.25, -0.2) is 0 Å². The molecule has 2 N–H and O–H groups in total. The van der Waals surface area contributed by atoms with Crippen molar-refractivity contribution in [3.63, 3.8) is 0 Å². The number of nitrogens with zero attached hydrogens (tertiary/aromatic N) is 4. The first-order valence-corrected chi connectivity index (χ1v) is 11.2. The molecular formula is C24H38N4O2S. The fraction of sp³-hybridized carbons (Fsp3) is 0.500. The maximum Gasteiger partial charge on any atom is 0.124 e. The number of rotatable bonds is 10. The maximum absolute atomic E-state index is 10.8. The molecule has 172 valence electrons. The summed E-state index contributed by atoms with van der Waals surface area (Å²) in [5.41, 5.74) is 3.70. The minimum Gasteiger partial charge on any atom is -0.507 e. The molecule has 7 heteroatoms. The van der Waals surface area contributed by atoms with Crippen LogP contribution in [-0.2, 0) is 26.2 Å². The fourth-order valence-corrected chi connectivity index (χ4v) is 4.63. The number of phenols is 2. The molecule has 6 nitrogen and oxygen atoms in total. The van der Waals surface area contributed by atoms with Gasteiger partial charge in [0, 0.05) is 58.2 Å². The van der Waals surface area contributed by atoms with Gasteiger partial charge in [-0.05, 0) is 80.6 Å². The normalized spacial score (nSPS) is 12.0. The second kappa shape index (κ2) is 11.2. The average molecular weight is 447 g/mol. The van der Waals surface area contributed by atoms with Crippen LogP contribution in [0.2, 0.25) is 0 Å². The molecule has 0 unspecified atom stereocenters. The number of hydrogen-bond acceptors (Lipinski definition) is 7. The van der Waals surface area contributed by atoms with E-state index in [9.17, 15) is 10.2 Å². The Balaban J connectivity index is 2.49. The van der Waals surface area contributed by atoms with Crippen molar-refractivity contribution in [3.05, 3.63) is 46.5 Å². The van der Waals surface area contributed by atoms with Gasteiger partial charge in [0.25, 0.3) is 0 Å². The van der Waals surface area contributed by atoms with Gasteiger partial charge in [0.15, 0.2) is 0 Å².